The number of ether oxygens (including phenoxy) is 2. The van der Waals surface area contributed by atoms with Crippen LogP contribution in [0.5, 0.6) is 11.6 Å². The summed E-state index contributed by atoms with van der Waals surface area (Å²) in [4.78, 5) is 16.4. The molecule has 6 nitrogen and oxygen atoms in total. The molecule has 0 atom stereocenters. The highest BCUT2D eigenvalue weighted by Gasteiger charge is 2.25. The first-order valence-corrected chi connectivity index (χ1v) is 8.87. The fraction of sp³-hybridized carbons (Fsp3) is 0.238. The highest BCUT2D eigenvalue weighted by molar-refractivity contribution is 6.00. The van der Waals surface area contributed by atoms with Crippen molar-refractivity contribution in [3.8, 4) is 28.6 Å². The van der Waals surface area contributed by atoms with Crippen LogP contribution in [0.3, 0.4) is 0 Å². The summed E-state index contributed by atoms with van der Waals surface area (Å²) in [5, 5.41) is 0. The van der Waals surface area contributed by atoms with Crippen LogP contribution in [0.1, 0.15) is 35.8 Å². The van der Waals surface area contributed by atoms with Crippen LogP contribution in [0.2, 0.25) is 0 Å². The van der Waals surface area contributed by atoms with Crippen LogP contribution in [-0.4, -0.2) is 29.7 Å². The Morgan fingerprint density at radius 1 is 1.10 bits per heavy atom. The van der Waals surface area contributed by atoms with Gasteiger partial charge in [-0.2, -0.15) is 0 Å². The average molecular weight is 401 g/mol. The van der Waals surface area contributed by atoms with E-state index >= 15 is 0 Å². The molecule has 1 amide bonds. The first-order valence-electron chi connectivity index (χ1n) is 8.87. The van der Waals surface area contributed by atoms with Gasteiger partial charge in [0.1, 0.15) is 11.4 Å². The first kappa shape index (κ1) is 20.3. The number of carbonyl (C=O) groups excluding carboxylic acids is 1. The Labute approximate surface area is 166 Å². The third kappa shape index (κ3) is 3.65. The maximum Gasteiger partial charge on any atom is 0.250 e. The minimum atomic E-state index is -1.03. The van der Waals surface area contributed by atoms with Gasteiger partial charge in [-0.05, 0) is 30.2 Å². The Kier molecular flexibility index (Phi) is 5.54. The number of hydrogen-bond donors (Lipinski definition) is 1. The topological polar surface area (TPSA) is 79.4 Å². The second-order valence-electron chi connectivity index (χ2n) is 6.71. The van der Waals surface area contributed by atoms with Gasteiger partial charge in [0.05, 0.1) is 31.7 Å². The van der Waals surface area contributed by atoms with E-state index in [1.807, 2.05) is 13.8 Å². The van der Waals surface area contributed by atoms with Crippen LogP contribution < -0.4 is 15.2 Å². The molecule has 0 radical (unpaired) electrons. The van der Waals surface area contributed by atoms with Gasteiger partial charge in [0.2, 0.25) is 5.88 Å². The SMILES string of the molecule is COc1cc(OC)c(-n2c(C(C)C)cc(C(N)=O)c2-c2ccc(F)c(F)c2)cn1. The van der Waals surface area contributed by atoms with E-state index in [1.54, 1.807) is 16.7 Å². The number of halogens is 2. The molecule has 152 valence electrons. The highest BCUT2D eigenvalue weighted by Crippen LogP contribution is 2.38. The molecule has 0 spiro atoms. The fourth-order valence-corrected chi connectivity index (χ4v) is 3.19. The molecule has 2 heterocycles. The Bertz CT molecular complexity index is 1080. The van der Waals surface area contributed by atoms with E-state index in [0.29, 0.717) is 28.6 Å². The summed E-state index contributed by atoms with van der Waals surface area (Å²) in [5.74, 6) is -1.97. The summed E-state index contributed by atoms with van der Waals surface area (Å²) in [7, 11) is 2.97. The molecule has 2 aromatic heterocycles. The monoisotopic (exact) mass is 401 g/mol. The average Bonchev–Trinajstić information content (AvgIpc) is 3.10. The predicted molar refractivity (Wildman–Crippen MR) is 105 cm³/mol. The quantitative estimate of drug-likeness (QED) is 0.676. The van der Waals surface area contributed by atoms with Gasteiger partial charge < -0.3 is 19.8 Å². The molecule has 0 aliphatic carbocycles. The Balaban J connectivity index is 2.42. The lowest BCUT2D eigenvalue weighted by molar-refractivity contribution is 0.100. The van der Waals surface area contributed by atoms with Crippen molar-refractivity contribution in [1.82, 2.24) is 9.55 Å². The fourth-order valence-electron chi connectivity index (χ4n) is 3.19. The number of benzene rings is 1. The molecule has 0 aliphatic rings. The van der Waals surface area contributed by atoms with Gasteiger partial charge in [-0.15, -0.1) is 0 Å². The van der Waals surface area contributed by atoms with Crippen molar-refractivity contribution in [2.45, 2.75) is 19.8 Å². The highest BCUT2D eigenvalue weighted by atomic mass is 19.2. The van der Waals surface area contributed by atoms with E-state index in [9.17, 15) is 13.6 Å². The van der Waals surface area contributed by atoms with Crippen LogP contribution >= 0.6 is 0 Å². The second kappa shape index (κ2) is 7.90. The number of hydrogen-bond acceptors (Lipinski definition) is 4. The number of nitrogens with zero attached hydrogens (tertiary/aromatic N) is 2. The smallest absolute Gasteiger partial charge is 0.250 e. The van der Waals surface area contributed by atoms with Gasteiger partial charge >= 0.3 is 0 Å². The number of amides is 1. The van der Waals surface area contributed by atoms with Crippen molar-refractivity contribution in [3.05, 3.63) is 59.4 Å². The van der Waals surface area contributed by atoms with Gasteiger partial charge in [0.15, 0.2) is 11.6 Å². The third-order valence-corrected chi connectivity index (χ3v) is 4.57. The summed E-state index contributed by atoms with van der Waals surface area (Å²) in [6.07, 6.45) is 1.53. The largest absolute Gasteiger partial charge is 0.494 e. The molecule has 0 unspecified atom stereocenters. The second-order valence-corrected chi connectivity index (χ2v) is 6.71. The molecule has 29 heavy (non-hydrogen) atoms. The summed E-state index contributed by atoms with van der Waals surface area (Å²) in [6, 6.07) is 6.67. The summed E-state index contributed by atoms with van der Waals surface area (Å²) >= 11 is 0. The number of methoxy groups -OCH3 is 2. The lowest BCUT2D eigenvalue weighted by Crippen LogP contribution is -2.13. The standard InChI is InChI=1S/C21H21F2N3O3/c1-11(2)16-8-13(21(24)27)20(12-5-6-14(22)15(23)7-12)26(16)17-10-25-19(29-4)9-18(17)28-3/h5-11H,1-4H3,(H2,24,27). The molecule has 3 aromatic rings. The van der Waals surface area contributed by atoms with Gasteiger partial charge in [0.25, 0.3) is 5.91 Å². The van der Waals surface area contributed by atoms with Gasteiger partial charge in [0, 0.05) is 17.3 Å². The van der Waals surface area contributed by atoms with E-state index < -0.39 is 17.5 Å². The number of aromatic nitrogens is 2. The van der Waals surface area contributed by atoms with E-state index in [4.69, 9.17) is 15.2 Å². The number of nitrogens with two attached hydrogens (primary N) is 1. The zero-order valence-electron chi connectivity index (χ0n) is 16.5. The van der Waals surface area contributed by atoms with Gasteiger partial charge in [-0.25, -0.2) is 13.8 Å². The Morgan fingerprint density at radius 3 is 2.38 bits per heavy atom. The Morgan fingerprint density at radius 2 is 1.83 bits per heavy atom. The van der Waals surface area contributed by atoms with E-state index in [2.05, 4.69) is 4.98 Å². The molecular formula is C21H21F2N3O3. The van der Waals surface area contributed by atoms with Crippen molar-refractivity contribution in [3.63, 3.8) is 0 Å². The van der Waals surface area contributed by atoms with E-state index in [1.165, 1.54) is 26.5 Å². The van der Waals surface area contributed by atoms with Crippen molar-refractivity contribution in [1.29, 1.82) is 0 Å². The van der Waals surface area contributed by atoms with Gasteiger partial charge in [-0.3, -0.25) is 4.79 Å². The lowest BCUT2D eigenvalue weighted by atomic mass is 10.1. The first-order chi connectivity index (χ1) is 13.8. The predicted octanol–water partition coefficient (Wildman–Crippen LogP) is 4.06. The number of primary amides is 1. The van der Waals surface area contributed by atoms with Crippen molar-refractivity contribution < 1.29 is 23.0 Å². The molecular weight excluding hydrogens is 380 g/mol. The normalized spacial score (nSPS) is 11.0. The minimum absolute atomic E-state index is 0.0287. The molecule has 2 N–H and O–H groups in total. The molecule has 0 saturated heterocycles. The van der Waals surface area contributed by atoms with Crippen molar-refractivity contribution in [2.75, 3.05) is 14.2 Å². The van der Waals surface area contributed by atoms with Crippen LogP contribution in [0.15, 0.2) is 36.5 Å². The maximum atomic E-state index is 14.0. The summed E-state index contributed by atoms with van der Waals surface area (Å²) in [6.45, 7) is 3.88. The zero-order chi connectivity index (χ0) is 21.3. The lowest BCUT2D eigenvalue weighted by Gasteiger charge is -2.19. The number of pyridine rings is 1. The number of rotatable bonds is 6. The molecule has 0 aliphatic heterocycles. The zero-order valence-corrected chi connectivity index (χ0v) is 16.5. The van der Waals surface area contributed by atoms with Crippen LogP contribution in [0.25, 0.3) is 16.9 Å². The molecule has 0 fully saturated rings. The molecule has 0 bridgehead atoms. The van der Waals surface area contributed by atoms with E-state index in [0.717, 1.165) is 17.8 Å². The maximum absolute atomic E-state index is 14.0. The van der Waals surface area contributed by atoms with Crippen LogP contribution in [0, 0.1) is 11.6 Å². The van der Waals surface area contributed by atoms with E-state index in [-0.39, 0.29) is 11.5 Å². The Hall–Kier alpha value is -3.42. The summed E-state index contributed by atoms with van der Waals surface area (Å²) in [5.41, 5.74) is 7.64. The molecule has 3 rings (SSSR count). The number of carbonyl (C=O) groups is 1. The van der Waals surface area contributed by atoms with Crippen molar-refractivity contribution in [2.24, 2.45) is 5.73 Å². The minimum Gasteiger partial charge on any atom is -0.494 e. The third-order valence-electron chi connectivity index (χ3n) is 4.57. The van der Waals surface area contributed by atoms with Crippen LogP contribution in [-0.2, 0) is 0 Å². The molecule has 8 heteroatoms. The van der Waals surface area contributed by atoms with Crippen LogP contribution in [0.4, 0.5) is 8.78 Å². The van der Waals surface area contributed by atoms with Crippen molar-refractivity contribution >= 4 is 5.91 Å². The summed E-state index contributed by atoms with van der Waals surface area (Å²) < 4.78 is 39.9. The molecule has 1 aromatic carbocycles. The molecule has 0 saturated carbocycles. The van der Waals surface area contributed by atoms with Gasteiger partial charge in [-0.1, -0.05) is 13.8 Å².